The van der Waals surface area contributed by atoms with Crippen molar-refractivity contribution in [3.05, 3.63) is 16.6 Å². The van der Waals surface area contributed by atoms with E-state index in [2.05, 4.69) is 10.3 Å². The van der Waals surface area contributed by atoms with Crippen LogP contribution in [0.4, 0.5) is 0 Å². The summed E-state index contributed by atoms with van der Waals surface area (Å²) in [5.74, 6) is 0.246. The van der Waals surface area contributed by atoms with E-state index in [1.807, 2.05) is 19.4 Å². The van der Waals surface area contributed by atoms with E-state index in [-0.39, 0.29) is 11.8 Å². The summed E-state index contributed by atoms with van der Waals surface area (Å²) in [5.41, 5.74) is 2.78. The number of Topliss-reactive ketones (excluding diaryl/α,β-unsaturated/α-hetero) is 1. The maximum absolute atomic E-state index is 11.4. The second-order valence-corrected chi connectivity index (χ2v) is 3.56. The molecule has 0 amide bonds. The van der Waals surface area contributed by atoms with Crippen molar-refractivity contribution in [1.82, 2.24) is 10.3 Å². The highest BCUT2D eigenvalue weighted by Crippen LogP contribution is 2.05. The van der Waals surface area contributed by atoms with Gasteiger partial charge in [-0.25, -0.2) is 4.98 Å². The van der Waals surface area contributed by atoms with E-state index in [0.717, 1.165) is 5.69 Å². The first kappa shape index (κ1) is 10.3. The topological polar surface area (TPSA) is 42.0 Å². The Labute approximate surface area is 82.2 Å². The lowest BCUT2D eigenvalue weighted by atomic mass is 10.1. The summed E-state index contributed by atoms with van der Waals surface area (Å²) in [7, 11) is 1.81. The van der Waals surface area contributed by atoms with E-state index >= 15 is 0 Å². The molecule has 0 saturated heterocycles. The summed E-state index contributed by atoms with van der Waals surface area (Å²) < 4.78 is 0. The summed E-state index contributed by atoms with van der Waals surface area (Å²) in [4.78, 5) is 15.5. The third kappa shape index (κ3) is 2.90. The first-order valence-electron chi connectivity index (χ1n) is 4.35. The minimum atomic E-state index is -0.0768. The fraction of sp³-hybridized carbons (Fsp3) is 0.556. The van der Waals surface area contributed by atoms with Crippen molar-refractivity contribution in [3.63, 3.8) is 0 Å². The lowest BCUT2D eigenvalue weighted by molar-refractivity contribution is -0.120. The summed E-state index contributed by atoms with van der Waals surface area (Å²) in [6, 6.07) is -0.0768. The second-order valence-electron chi connectivity index (χ2n) is 2.85. The van der Waals surface area contributed by atoms with Gasteiger partial charge in [-0.2, -0.15) is 0 Å². The summed E-state index contributed by atoms with van der Waals surface area (Å²) in [6.07, 6.45) is 1.28. The highest BCUT2D eigenvalue weighted by Gasteiger charge is 2.15. The van der Waals surface area contributed by atoms with Crippen LogP contribution >= 0.6 is 11.3 Å². The molecule has 1 aromatic heterocycles. The number of ketones is 1. The molecule has 0 radical (unpaired) electrons. The van der Waals surface area contributed by atoms with Crippen molar-refractivity contribution in [3.8, 4) is 0 Å². The monoisotopic (exact) mass is 198 g/mol. The van der Waals surface area contributed by atoms with Crippen LogP contribution in [0.25, 0.3) is 0 Å². The second kappa shape index (κ2) is 5.09. The van der Waals surface area contributed by atoms with Crippen LogP contribution in [0, 0.1) is 0 Å². The number of thiazole rings is 1. The fourth-order valence-corrected chi connectivity index (χ4v) is 1.74. The Kier molecular flexibility index (Phi) is 4.05. The van der Waals surface area contributed by atoms with Gasteiger partial charge in [0.05, 0.1) is 17.2 Å². The Morgan fingerprint density at radius 3 is 3.00 bits per heavy atom. The van der Waals surface area contributed by atoms with Crippen LogP contribution in [0.2, 0.25) is 0 Å². The highest BCUT2D eigenvalue weighted by molar-refractivity contribution is 7.07. The largest absolute Gasteiger partial charge is 0.310 e. The quantitative estimate of drug-likeness (QED) is 0.774. The molecular formula is C9H14N2OS. The Morgan fingerprint density at radius 2 is 2.54 bits per heavy atom. The maximum atomic E-state index is 11.4. The van der Waals surface area contributed by atoms with E-state index in [0.29, 0.717) is 12.8 Å². The molecule has 0 aliphatic rings. The fourth-order valence-electron chi connectivity index (χ4n) is 1.17. The molecule has 72 valence electrons. The molecule has 3 nitrogen and oxygen atoms in total. The number of aromatic nitrogens is 1. The van der Waals surface area contributed by atoms with E-state index in [4.69, 9.17) is 0 Å². The van der Waals surface area contributed by atoms with Crippen molar-refractivity contribution in [2.24, 2.45) is 0 Å². The van der Waals surface area contributed by atoms with E-state index in [1.165, 1.54) is 0 Å². The maximum Gasteiger partial charge on any atom is 0.149 e. The van der Waals surface area contributed by atoms with Crippen molar-refractivity contribution >= 4 is 17.1 Å². The van der Waals surface area contributed by atoms with Gasteiger partial charge in [-0.05, 0) is 7.05 Å². The highest BCUT2D eigenvalue weighted by atomic mass is 32.1. The van der Waals surface area contributed by atoms with Gasteiger partial charge in [-0.3, -0.25) is 4.79 Å². The van der Waals surface area contributed by atoms with Crippen LogP contribution in [0.3, 0.4) is 0 Å². The van der Waals surface area contributed by atoms with Crippen LogP contribution in [0.5, 0.6) is 0 Å². The van der Waals surface area contributed by atoms with Crippen molar-refractivity contribution in [2.75, 3.05) is 7.05 Å². The number of carbonyl (C=O) groups excluding carboxylic acids is 1. The average molecular weight is 198 g/mol. The third-order valence-electron chi connectivity index (χ3n) is 1.98. The molecule has 1 rings (SSSR count). The number of hydrogen-bond donors (Lipinski definition) is 1. The molecule has 13 heavy (non-hydrogen) atoms. The van der Waals surface area contributed by atoms with Gasteiger partial charge in [0.1, 0.15) is 5.78 Å². The van der Waals surface area contributed by atoms with Gasteiger partial charge >= 0.3 is 0 Å². The number of rotatable bonds is 5. The van der Waals surface area contributed by atoms with E-state index in [1.54, 1.807) is 16.8 Å². The molecule has 4 heteroatoms. The summed E-state index contributed by atoms with van der Waals surface area (Å²) in [5, 5.41) is 4.99. The first-order chi connectivity index (χ1) is 6.27. The molecule has 0 aliphatic heterocycles. The van der Waals surface area contributed by atoms with Gasteiger partial charge in [0.2, 0.25) is 0 Å². The molecular weight excluding hydrogens is 184 g/mol. The zero-order valence-electron chi connectivity index (χ0n) is 7.91. The molecule has 0 spiro atoms. The molecule has 0 bridgehead atoms. The number of nitrogens with one attached hydrogen (secondary N) is 1. The number of nitrogens with zero attached hydrogens (tertiary/aromatic N) is 1. The van der Waals surface area contributed by atoms with Gasteiger partial charge < -0.3 is 5.32 Å². The average Bonchev–Trinajstić information content (AvgIpc) is 2.65. The zero-order valence-corrected chi connectivity index (χ0v) is 8.73. The zero-order chi connectivity index (χ0) is 9.68. The van der Waals surface area contributed by atoms with Gasteiger partial charge in [-0.15, -0.1) is 11.3 Å². The molecule has 1 unspecified atom stereocenters. The Bertz CT molecular complexity index is 259. The van der Waals surface area contributed by atoms with Crippen LogP contribution in [-0.2, 0) is 11.2 Å². The lowest BCUT2D eigenvalue weighted by Crippen LogP contribution is -2.35. The predicted molar refractivity (Wildman–Crippen MR) is 54.0 cm³/mol. The normalized spacial score (nSPS) is 12.8. The lowest BCUT2D eigenvalue weighted by Gasteiger charge is -2.11. The Balaban J connectivity index is 2.54. The van der Waals surface area contributed by atoms with Crippen molar-refractivity contribution in [2.45, 2.75) is 25.8 Å². The van der Waals surface area contributed by atoms with Gasteiger partial charge in [0, 0.05) is 18.2 Å². The van der Waals surface area contributed by atoms with Crippen LogP contribution in [0.15, 0.2) is 10.9 Å². The van der Waals surface area contributed by atoms with Gasteiger partial charge in [-0.1, -0.05) is 6.92 Å². The van der Waals surface area contributed by atoms with Crippen LogP contribution < -0.4 is 5.32 Å². The molecule has 1 heterocycles. The molecule has 0 aromatic carbocycles. The van der Waals surface area contributed by atoms with E-state index in [9.17, 15) is 4.79 Å². The smallest absolute Gasteiger partial charge is 0.149 e. The standard InChI is InChI=1S/C9H14N2OS/c1-3-9(12)8(10-2)4-7-5-13-6-11-7/h5-6,8,10H,3-4H2,1-2H3. The molecule has 1 aromatic rings. The van der Waals surface area contributed by atoms with Crippen LogP contribution in [-0.4, -0.2) is 23.9 Å². The number of hydrogen-bond acceptors (Lipinski definition) is 4. The Morgan fingerprint density at radius 1 is 1.77 bits per heavy atom. The predicted octanol–water partition coefficient (Wildman–Crippen LogP) is 1.25. The first-order valence-corrected chi connectivity index (χ1v) is 5.29. The summed E-state index contributed by atoms with van der Waals surface area (Å²) >= 11 is 1.56. The van der Waals surface area contributed by atoms with Crippen molar-refractivity contribution < 1.29 is 4.79 Å². The molecule has 0 fully saturated rings. The molecule has 0 aliphatic carbocycles. The van der Waals surface area contributed by atoms with Crippen molar-refractivity contribution in [1.29, 1.82) is 0 Å². The van der Waals surface area contributed by atoms with Crippen LogP contribution in [0.1, 0.15) is 19.0 Å². The van der Waals surface area contributed by atoms with Gasteiger partial charge in [0.25, 0.3) is 0 Å². The van der Waals surface area contributed by atoms with E-state index < -0.39 is 0 Å². The third-order valence-corrected chi connectivity index (χ3v) is 2.62. The molecule has 1 N–H and O–H groups in total. The van der Waals surface area contributed by atoms with Gasteiger partial charge in [0.15, 0.2) is 0 Å². The summed E-state index contributed by atoms with van der Waals surface area (Å²) in [6.45, 7) is 1.88. The molecule has 0 saturated carbocycles. The number of likely N-dealkylation sites (N-methyl/N-ethyl adjacent to an activating group) is 1. The number of carbonyl (C=O) groups is 1. The molecule has 1 atom stereocenters. The minimum Gasteiger partial charge on any atom is -0.310 e. The minimum absolute atomic E-state index is 0.0768. The SMILES string of the molecule is CCC(=O)C(Cc1cscn1)NC. The Hall–Kier alpha value is -0.740.